The summed E-state index contributed by atoms with van der Waals surface area (Å²) in [5.74, 6) is 0.0417. The molecule has 3 heterocycles. The highest BCUT2D eigenvalue weighted by Gasteiger charge is 2.54. The molecule has 5 rings (SSSR count). The minimum Gasteiger partial charge on any atom is -0.324 e. The number of aryl methyl sites for hydroxylation is 3. The lowest BCUT2D eigenvalue weighted by Gasteiger charge is -2.33. The van der Waals surface area contributed by atoms with Crippen molar-refractivity contribution in [2.75, 3.05) is 0 Å². The number of fused-ring (bicyclic) bond motifs is 3. The number of aromatic nitrogens is 4. The van der Waals surface area contributed by atoms with Crippen molar-refractivity contribution in [1.29, 1.82) is 0 Å². The summed E-state index contributed by atoms with van der Waals surface area (Å²) in [6.45, 7) is 2.33. The van der Waals surface area contributed by atoms with Crippen LogP contribution >= 0.6 is 0 Å². The third-order valence-corrected chi connectivity index (χ3v) is 6.79. The van der Waals surface area contributed by atoms with Crippen molar-refractivity contribution in [2.45, 2.75) is 57.7 Å². The molecule has 1 saturated heterocycles. The van der Waals surface area contributed by atoms with Crippen molar-refractivity contribution in [3.05, 3.63) is 62.1 Å². The maximum Gasteiger partial charge on any atom is 0.330 e. The van der Waals surface area contributed by atoms with Crippen molar-refractivity contribution < 1.29 is 9.59 Å². The largest absolute Gasteiger partial charge is 0.330 e. The number of rotatable bonds is 5. The number of imide groups is 1. The normalized spacial score (nSPS) is 20.0. The van der Waals surface area contributed by atoms with Gasteiger partial charge in [0.1, 0.15) is 11.4 Å². The van der Waals surface area contributed by atoms with E-state index in [2.05, 4.69) is 15.3 Å². The van der Waals surface area contributed by atoms with Gasteiger partial charge in [0.15, 0.2) is 11.2 Å². The molecule has 2 aromatic heterocycles. The van der Waals surface area contributed by atoms with Crippen LogP contribution in [0.3, 0.4) is 0 Å². The molecule has 2 aliphatic rings. The van der Waals surface area contributed by atoms with Gasteiger partial charge in [-0.25, -0.2) is 14.6 Å². The predicted octanol–water partition coefficient (Wildman–Crippen LogP) is 1.51. The van der Waals surface area contributed by atoms with Crippen molar-refractivity contribution >= 4 is 23.1 Å². The Morgan fingerprint density at radius 2 is 1.94 bits per heavy atom. The van der Waals surface area contributed by atoms with Crippen LogP contribution < -0.4 is 16.6 Å². The second-order valence-electron chi connectivity index (χ2n) is 8.76. The summed E-state index contributed by atoms with van der Waals surface area (Å²) in [5.41, 5.74) is 0.277. The highest BCUT2D eigenvalue weighted by atomic mass is 16.2. The van der Waals surface area contributed by atoms with E-state index < -0.39 is 22.8 Å². The fourth-order valence-corrected chi connectivity index (χ4v) is 5.05. The summed E-state index contributed by atoms with van der Waals surface area (Å²) in [6, 6.07) is 7.22. The second-order valence-corrected chi connectivity index (χ2v) is 8.76. The molecule has 1 spiro atoms. The number of hydrogen-bond donors (Lipinski definition) is 2. The Balaban J connectivity index is 1.55. The van der Waals surface area contributed by atoms with E-state index >= 15 is 0 Å². The maximum absolute atomic E-state index is 13.6. The van der Waals surface area contributed by atoms with Gasteiger partial charge < -0.3 is 9.88 Å². The first-order valence-electron chi connectivity index (χ1n) is 11.3. The summed E-state index contributed by atoms with van der Waals surface area (Å²) in [5, 5.41) is 2.94. The average Bonchev–Trinajstić information content (AvgIpc) is 3.24. The molecular formula is C23H26N6O4. The molecule has 2 N–H and O–H groups in total. The molecule has 1 aromatic carbocycles. The Bertz CT molecular complexity index is 1400. The molecule has 0 radical (unpaired) electrons. The summed E-state index contributed by atoms with van der Waals surface area (Å²) in [4.78, 5) is 59.5. The Morgan fingerprint density at radius 1 is 1.15 bits per heavy atom. The number of carbonyl (C=O) groups excluding carboxylic acids is 2. The number of unbranched alkanes of at least 4 members (excludes halogenated alkanes) is 1. The molecule has 0 saturated carbocycles. The monoisotopic (exact) mass is 450 g/mol. The number of nitrogens with one attached hydrogen (secondary N) is 2. The number of aromatic amines is 1. The Morgan fingerprint density at radius 3 is 2.73 bits per heavy atom. The number of urea groups is 1. The predicted molar refractivity (Wildman–Crippen MR) is 121 cm³/mol. The summed E-state index contributed by atoms with van der Waals surface area (Å²) < 4.78 is 2.99. The van der Waals surface area contributed by atoms with Gasteiger partial charge in [-0.2, -0.15) is 0 Å². The first-order chi connectivity index (χ1) is 15.9. The van der Waals surface area contributed by atoms with Crippen LogP contribution in [0.2, 0.25) is 0 Å². The quantitative estimate of drug-likeness (QED) is 0.571. The SMILES string of the molecule is CCCCn1c(=O)[nH]c(=O)c2c1nc(CN1C(=O)N[C@@]3(CCCc4ccccc43)C1=O)n2C. The minimum absolute atomic E-state index is 0.0961. The number of imidazole rings is 1. The van der Waals surface area contributed by atoms with Crippen molar-refractivity contribution in [2.24, 2.45) is 7.05 Å². The lowest BCUT2D eigenvalue weighted by molar-refractivity contribution is -0.132. The van der Waals surface area contributed by atoms with Crippen molar-refractivity contribution in [3.8, 4) is 0 Å². The van der Waals surface area contributed by atoms with Gasteiger partial charge in [-0.3, -0.25) is 24.0 Å². The van der Waals surface area contributed by atoms with Gasteiger partial charge in [0, 0.05) is 13.6 Å². The van der Waals surface area contributed by atoms with E-state index in [-0.39, 0.29) is 23.6 Å². The molecule has 33 heavy (non-hydrogen) atoms. The van der Waals surface area contributed by atoms with E-state index in [1.165, 1.54) is 4.57 Å². The zero-order valence-electron chi connectivity index (χ0n) is 18.7. The number of carbonyl (C=O) groups is 2. The number of nitrogens with zero attached hydrogens (tertiary/aromatic N) is 4. The molecule has 0 unspecified atom stereocenters. The lowest BCUT2D eigenvalue weighted by Crippen LogP contribution is -2.46. The molecule has 1 aliphatic heterocycles. The Labute approximate surface area is 189 Å². The smallest absolute Gasteiger partial charge is 0.324 e. The van der Waals surface area contributed by atoms with E-state index in [1.807, 2.05) is 31.2 Å². The summed E-state index contributed by atoms with van der Waals surface area (Å²) in [7, 11) is 1.65. The van der Waals surface area contributed by atoms with E-state index in [0.717, 1.165) is 41.7 Å². The highest BCUT2D eigenvalue weighted by Crippen LogP contribution is 2.40. The van der Waals surface area contributed by atoms with Gasteiger partial charge in [0.05, 0.1) is 6.54 Å². The third kappa shape index (κ3) is 3.12. The Kier molecular flexibility index (Phi) is 4.95. The van der Waals surface area contributed by atoms with E-state index in [0.29, 0.717) is 18.8 Å². The topological polar surface area (TPSA) is 122 Å². The fourth-order valence-electron chi connectivity index (χ4n) is 5.05. The molecule has 1 aliphatic carbocycles. The summed E-state index contributed by atoms with van der Waals surface area (Å²) in [6.07, 6.45) is 3.82. The molecular weight excluding hydrogens is 424 g/mol. The highest BCUT2D eigenvalue weighted by molar-refractivity contribution is 6.07. The fraction of sp³-hybridized carbons (Fsp3) is 0.435. The number of hydrogen-bond acceptors (Lipinski definition) is 5. The van der Waals surface area contributed by atoms with Gasteiger partial charge in [-0.05, 0) is 36.8 Å². The van der Waals surface area contributed by atoms with Gasteiger partial charge in [0.25, 0.3) is 11.5 Å². The number of amides is 3. The van der Waals surface area contributed by atoms with Crippen LogP contribution in [0, 0.1) is 0 Å². The molecule has 1 fully saturated rings. The van der Waals surface area contributed by atoms with Crippen LogP contribution in [0.4, 0.5) is 4.79 Å². The average molecular weight is 450 g/mol. The molecule has 3 amide bonds. The zero-order valence-corrected chi connectivity index (χ0v) is 18.7. The van der Waals surface area contributed by atoms with Crippen LogP contribution in [-0.4, -0.2) is 35.9 Å². The standard InChI is InChI=1S/C23H26N6O4/c1-3-4-12-28-18-17(19(30)25-21(28)32)27(2)16(24-18)13-29-20(31)23(26-22(29)33)11-7-9-14-8-5-6-10-15(14)23/h5-6,8,10H,3-4,7,9,11-13H2,1-2H3,(H,26,33)(H,25,30,32)/t23-/m1/s1. The molecule has 172 valence electrons. The van der Waals surface area contributed by atoms with Gasteiger partial charge in [-0.15, -0.1) is 0 Å². The molecule has 3 aromatic rings. The van der Waals surface area contributed by atoms with Crippen molar-refractivity contribution in [3.63, 3.8) is 0 Å². The van der Waals surface area contributed by atoms with Gasteiger partial charge in [-0.1, -0.05) is 37.6 Å². The lowest BCUT2D eigenvalue weighted by atomic mass is 9.76. The second kappa shape index (κ2) is 7.72. The number of benzene rings is 1. The van der Waals surface area contributed by atoms with Crippen LogP contribution in [0.5, 0.6) is 0 Å². The molecule has 10 nitrogen and oxygen atoms in total. The van der Waals surface area contributed by atoms with Crippen LogP contribution in [0.25, 0.3) is 11.2 Å². The number of H-pyrrole nitrogens is 1. The molecule has 0 bridgehead atoms. The first kappa shape index (κ1) is 21.2. The van der Waals surface area contributed by atoms with E-state index in [9.17, 15) is 19.2 Å². The van der Waals surface area contributed by atoms with Crippen LogP contribution in [0.1, 0.15) is 49.6 Å². The van der Waals surface area contributed by atoms with E-state index in [4.69, 9.17) is 0 Å². The van der Waals surface area contributed by atoms with Crippen LogP contribution in [0.15, 0.2) is 33.9 Å². The summed E-state index contributed by atoms with van der Waals surface area (Å²) >= 11 is 0. The van der Waals surface area contributed by atoms with E-state index in [1.54, 1.807) is 11.6 Å². The van der Waals surface area contributed by atoms with Crippen molar-refractivity contribution in [1.82, 2.24) is 29.3 Å². The van der Waals surface area contributed by atoms with Crippen LogP contribution in [-0.2, 0) is 36.9 Å². The zero-order chi connectivity index (χ0) is 23.3. The van der Waals surface area contributed by atoms with Gasteiger partial charge >= 0.3 is 11.7 Å². The minimum atomic E-state index is -1.07. The Hall–Kier alpha value is -3.69. The molecule has 1 atom stereocenters. The van der Waals surface area contributed by atoms with Gasteiger partial charge in [0.2, 0.25) is 0 Å². The third-order valence-electron chi connectivity index (χ3n) is 6.79. The molecule has 10 heteroatoms. The maximum atomic E-state index is 13.6. The first-order valence-corrected chi connectivity index (χ1v) is 11.3.